The molecule has 4 aliphatic carbocycles. The summed E-state index contributed by atoms with van der Waals surface area (Å²) in [5.41, 5.74) is 0.903. The molecule has 8 nitrogen and oxygen atoms in total. The van der Waals surface area contributed by atoms with E-state index >= 15 is 0 Å². The van der Waals surface area contributed by atoms with E-state index in [-0.39, 0.29) is 70.5 Å². The third-order valence-corrected chi connectivity index (χ3v) is 18.7. The Hall–Kier alpha value is -0.320. The van der Waals surface area contributed by atoms with Crippen molar-refractivity contribution in [2.45, 2.75) is 290 Å². The zero-order valence-electron chi connectivity index (χ0n) is 48.8. The van der Waals surface area contributed by atoms with E-state index in [1.165, 1.54) is 51.4 Å². The fourth-order valence-electron chi connectivity index (χ4n) is 12.2. The van der Waals surface area contributed by atoms with E-state index in [0.717, 1.165) is 51.4 Å². The van der Waals surface area contributed by atoms with Gasteiger partial charge in [0.1, 0.15) is 0 Å². The third kappa shape index (κ3) is 20.5. The van der Waals surface area contributed by atoms with E-state index in [1.54, 1.807) is 0 Å². The fraction of sp³-hybridized carbons (Fsp3) is 1.00. The maximum absolute atomic E-state index is 9.78. The summed E-state index contributed by atoms with van der Waals surface area (Å²) in [6, 6.07) is 0. The van der Waals surface area contributed by atoms with Crippen LogP contribution in [0, 0.1) is 69.0 Å². The predicted octanol–water partition coefficient (Wildman–Crippen LogP) is 14.5. The first-order chi connectivity index (χ1) is 31.6. The Balaban J connectivity index is 0.000000453. The minimum absolute atomic E-state index is 0.226. The number of aliphatic hydroxyl groups excluding tert-OH is 4. The predicted molar refractivity (Wildman–Crippen MR) is 288 cm³/mol. The van der Waals surface area contributed by atoms with Gasteiger partial charge >= 0.3 is 0 Å². The lowest BCUT2D eigenvalue weighted by Gasteiger charge is -2.47. The van der Waals surface area contributed by atoms with Gasteiger partial charge in [-0.3, -0.25) is 0 Å². The fourth-order valence-corrected chi connectivity index (χ4v) is 12.2. The molecule has 0 heterocycles. The first kappa shape index (κ1) is 65.7. The Kier molecular flexibility index (Phi) is 30.4. The van der Waals surface area contributed by atoms with Crippen LogP contribution in [0.25, 0.3) is 0 Å². The van der Waals surface area contributed by atoms with Gasteiger partial charge in [-0.2, -0.15) is 0 Å². The van der Waals surface area contributed by atoms with Crippen molar-refractivity contribution >= 4 is 0 Å². The number of aliphatic hydroxyl groups is 4. The third-order valence-electron chi connectivity index (χ3n) is 18.7. The molecule has 0 amide bonds. The Morgan fingerprint density at radius 1 is 0.324 bits per heavy atom. The number of ether oxygens (including phenoxy) is 4. The van der Waals surface area contributed by atoms with E-state index in [4.69, 9.17) is 18.9 Å². The van der Waals surface area contributed by atoms with Crippen molar-refractivity contribution in [1.29, 1.82) is 0 Å². The van der Waals surface area contributed by atoms with Crippen LogP contribution in [0.1, 0.15) is 241 Å². The first-order valence-corrected chi connectivity index (χ1v) is 28.8. The summed E-state index contributed by atoms with van der Waals surface area (Å²) in [5.74, 6) is 5.23. The molecule has 0 aromatic rings. The Morgan fingerprint density at radius 2 is 0.485 bits per heavy atom. The summed E-state index contributed by atoms with van der Waals surface area (Å²) in [6.07, 6.45) is 17.6. The summed E-state index contributed by atoms with van der Waals surface area (Å²) in [7, 11) is 0. The van der Waals surface area contributed by atoms with Crippen molar-refractivity contribution in [2.75, 3.05) is 26.4 Å². The molecule has 0 radical (unpaired) electrons. The van der Waals surface area contributed by atoms with E-state index in [1.807, 2.05) is 0 Å². The maximum atomic E-state index is 9.78. The first-order valence-electron chi connectivity index (χ1n) is 28.8. The molecule has 0 saturated heterocycles. The molecule has 0 aromatic carbocycles. The Bertz CT molecular complexity index is 1090. The topological polar surface area (TPSA) is 118 Å². The second-order valence-corrected chi connectivity index (χ2v) is 25.9. The standard InChI is InChI=1S/4C15H30O2/c4*1-6-7-13(16)10-17-14-11(2)8-9-12(3)15(14,4)5/h4*11-14,16H,6-10H2,1-5H3/t2*11-,12-,13+,14+;2*11-,12-,13-,14+/m1010/s1. The Morgan fingerprint density at radius 3 is 0.632 bits per heavy atom. The molecule has 4 N–H and O–H groups in total. The molecule has 0 bridgehead atoms. The summed E-state index contributed by atoms with van der Waals surface area (Å²) in [5, 5.41) is 39.1. The van der Waals surface area contributed by atoms with Crippen LogP contribution in [0.5, 0.6) is 0 Å². The minimum Gasteiger partial charge on any atom is -0.391 e. The highest BCUT2D eigenvalue weighted by Gasteiger charge is 2.45. The van der Waals surface area contributed by atoms with Crippen LogP contribution in [0.3, 0.4) is 0 Å². The van der Waals surface area contributed by atoms with Crippen LogP contribution in [-0.2, 0) is 18.9 Å². The van der Waals surface area contributed by atoms with Gasteiger partial charge in [0, 0.05) is 0 Å². The molecule has 16 atom stereocenters. The van der Waals surface area contributed by atoms with Gasteiger partial charge in [0.2, 0.25) is 0 Å². The molecule has 4 fully saturated rings. The van der Waals surface area contributed by atoms with Gasteiger partial charge in [0.15, 0.2) is 0 Å². The lowest BCUT2D eigenvalue weighted by Crippen LogP contribution is -2.46. The van der Waals surface area contributed by atoms with Crippen molar-refractivity contribution in [3.63, 3.8) is 0 Å². The second kappa shape index (κ2) is 31.4. The van der Waals surface area contributed by atoms with Crippen molar-refractivity contribution in [3.05, 3.63) is 0 Å². The molecule has 0 aliphatic heterocycles. The zero-order chi connectivity index (χ0) is 52.2. The van der Waals surface area contributed by atoms with Gasteiger partial charge < -0.3 is 39.4 Å². The quantitative estimate of drug-likeness (QED) is 0.0953. The normalized spacial score (nSPS) is 34.6. The van der Waals surface area contributed by atoms with Crippen LogP contribution in [0.4, 0.5) is 0 Å². The molecule has 4 saturated carbocycles. The molecular weight excluding hydrogens is 849 g/mol. The average molecular weight is 970 g/mol. The van der Waals surface area contributed by atoms with Crippen LogP contribution < -0.4 is 0 Å². The molecule has 8 heteroatoms. The number of rotatable bonds is 20. The highest BCUT2D eigenvalue weighted by atomic mass is 16.5. The second-order valence-electron chi connectivity index (χ2n) is 25.9. The van der Waals surface area contributed by atoms with Crippen molar-refractivity contribution in [3.8, 4) is 0 Å². The van der Waals surface area contributed by atoms with Crippen LogP contribution >= 0.6 is 0 Å². The van der Waals surface area contributed by atoms with Crippen LogP contribution in [0.2, 0.25) is 0 Å². The highest BCUT2D eigenvalue weighted by Crippen LogP contribution is 2.48. The van der Waals surface area contributed by atoms with E-state index in [9.17, 15) is 20.4 Å². The Labute approximate surface area is 423 Å². The molecule has 4 aliphatic rings. The average Bonchev–Trinajstić information content (AvgIpc) is 3.24. The summed E-state index contributed by atoms with van der Waals surface area (Å²) >= 11 is 0. The largest absolute Gasteiger partial charge is 0.391 e. The van der Waals surface area contributed by atoms with Gasteiger partial charge in [-0.25, -0.2) is 0 Å². The van der Waals surface area contributed by atoms with Gasteiger partial charge in [-0.15, -0.1) is 0 Å². The van der Waals surface area contributed by atoms with Crippen LogP contribution in [-0.4, -0.2) is 95.7 Å². The van der Waals surface area contributed by atoms with E-state index in [0.29, 0.717) is 73.8 Å². The maximum Gasteiger partial charge on any atom is 0.0773 e. The van der Waals surface area contributed by atoms with Gasteiger partial charge in [0.25, 0.3) is 0 Å². The minimum atomic E-state index is -0.291. The smallest absolute Gasteiger partial charge is 0.0773 e. The van der Waals surface area contributed by atoms with Crippen LogP contribution in [0.15, 0.2) is 0 Å². The molecule has 68 heavy (non-hydrogen) atoms. The molecule has 4 rings (SSSR count). The van der Waals surface area contributed by atoms with Gasteiger partial charge in [-0.05, 0) is 146 Å². The highest BCUT2D eigenvalue weighted by molar-refractivity contribution is 4.95. The molecule has 0 spiro atoms. The van der Waals surface area contributed by atoms with E-state index < -0.39 is 0 Å². The van der Waals surface area contributed by atoms with Crippen molar-refractivity contribution in [2.24, 2.45) is 69.0 Å². The summed E-state index contributed by atoms with van der Waals surface area (Å²) in [6.45, 7) is 47.3. The lowest BCUT2D eigenvalue weighted by atomic mass is 9.64. The monoisotopic (exact) mass is 969 g/mol. The summed E-state index contributed by atoms with van der Waals surface area (Å²) < 4.78 is 24.2. The molecule has 0 aromatic heterocycles. The van der Waals surface area contributed by atoms with Gasteiger partial charge in [0.05, 0.1) is 75.3 Å². The van der Waals surface area contributed by atoms with E-state index in [2.05, 4.69) is 138 Å². The van der Waals surface area contributed by atoms with Crippen molar-refractivity contribution < 1.29 is 39.4 Å². The zero-order valence-corrected chi connectivity index (χ0v) is 48.8. The number of hydrogen-bond donors (Lipinski definition) is 4. The SMILES string of the molecule is CCC[C@@H](O)CO[C@@H]1[C@@H](C)CC[C@H](C)C1(C)C.CCC[C@@H](O)CO[C@H]1[C@H](C)CC[C@@H](C)C1(C)C.CCC[C@H](O)CO[C@@H]1[C@@H](C)CC[C@H](C)C1(C)C.CCC[C@H](O)CO[C@H]1[C@H](C)CC[C@@H](C)C1(C)C. The lowest BCUT2D eigenvalue weighted by molar-refractivity contribution is -0.123. The molecule has 408 valence electrons. The summed E-state index contributed by atoms with van der Waals surface area (Å²) in [4.78, 5) is 0. The molecular formula is C60H120O8. The van der Waals surface area contributed by atoms with Gasteiger partial charge in [-0.1, -0.05) is 164 Å². The number of hydrogen-bond acceptors (Lipinski definition) is 8. The van der Waals surface area contributed by atoms with Crippen molar-refractivity contribution in [1.82, 2.24) is 0 Å². The molecule has 0 unspecified atom stereocenters.